The van der Waals surface area contributed by atoms with Gasteiger partial charge in [-0.25, -0.2) is 0 Å². The number of rotatable bonds is 12. The van der Waals surface area contributed by atoms with Gasteiger partial charge in [0, 0.05) is 5.56 Å². The fourth-order valence-corrected chi connectivity index (χ4v) is 3.46. The van der Waals surface area contributed by atoms with E-state index in [2.05, 4.69) is 37.8 Å². The van der Waals surface area contributed by atoms with Crippen LogP contribution in [0.25, 0.3) is 0 Å². The van der Waals surface area contributed by atoms with Crippen molar-refractivity contribution in [3.05, 3.63) is 35.9 Å². The highest BCUT2D eigenvalue weighted by Gasteiger charge is 1.98. The van der Waals surface area contributed by atoms with Gasteiger partial charge in [-0.15, -0.1) is 11.8 Å². The summed E-state index contributed by atoms with van der Waals surface area (Å²) in [7, 11) is 0. The minimum absolute atomic E-state index is 0.439. The first-order valence-corrected chi connectivity index (χ1v) is 10.6. The summed E-state index contributed by atoms with van der Waals surface area (Å²) in [6.07, 6.45) is 14.1. The standard InChI is InChI=1S/C22H34S/c1-3-4-5-6-7-8-9-10-11-15-20-23-21(2)18-19-22-16-13-12-14-17-22/h12-14,16-17,21H,3-11,15,20H2,1-2H3. The summed E-state index contributed by atoms with van der Waals surface area (Å²) >= 11 is 2.00. The maximum atomic E-state index is 3.35. The Morgan fingerprint density at radius 2 is 1.39 bits per heavy atom. The zero-order valence-corrected chi connectivity index (χ0v) is 16.0. The Morgan fingerprint density at radius 3 is 2.00 bits per heavy atom. The van der Waals surface area contributed by atoms with Crippen LogP contribution in [0.4, 0.5) is 0 Å². The summed E-state index contributed by atoms with van der Waals surface area (Å²) in [5.41, 5.74) is 1.12. The van der Waals surface area contributed by atoms with E-state index in [1.54, 1.807) is 0 Å². The molecule has 0 aliphatic heterocycles. The third-order valence-corrected chi connectivity index (χ3v) is 5.20. The second kappa shape index (κ2) is 14.7. The van der Waals surface area contributed by atoms with Crippen LogP contribution in [-0.4, -0.2) is 11.0 Å². The Morgan fingerprint density at radius 1 is 0.826 bits per heavy atom. The van der Waals surface area contributed by atoms with Crippen molar-refractivity contribution >= 4 is 11.8 Å². The molecular formula is C22H34S. The minimum Gasteiger partial charge on any atom is -0.146 e. The summed E-state index contributed by atoms with van der Waals surface area (Å²) in [5.74, 6) is 7.86. The molecule has 1 heteroatoms. The van der Waals surface area contributed by atoms with Gasteiger partial charge in [0.15, 0.2) is 0 Å². The van der Waals surface area contributed by atoms with Crippen molar-refractivity contribution in [1.29, 1.82) is 0 Å². The van der Waals surface area contributed by atoms with Crippen molar-refractivity contribution in [2.45, 2.75) is 83.3 Å². The van der Waals surface area contributed by atoms with E-state index in [4.69, 9.17) is 0 Å². The van der Waals surface area contributed by atoms with Crippen LogP contribution in [0.3, 0.4) is 0 Å². The van der Waals surface area contributed by atoms with Gasteiger partial charge in [0.2, 0.25) is 0 Å². The first-order valence-electron chi connectivity index (χ1n) is 9.51. The normalized spacial score (nSPS) is 11.7. The Labute approximate surface area is 148 Å². The maximum Gasteiger partial charge on any atom is 0.0632 e. The second-order valence-corrected chi connectivity index (χ2v) is 7.78. The average Bonchev–Trinajstić information content (AvgIpc) is 2.59. The smallest absolute Gasteiger partial charge is 0.0632 e. The molecule has 0 amide bonds. The number of benzene rings is 1. The maximum absolute atomic E-state index is 3.35. The predicted octanol–water partition coefficient (Wildman–Crippen LogP) is 7.08. The highest BCUT2D eigenvalue weighted by atomic mass is 32.2. The SMILES string of the molecule is CCCCCCCCCCCCSC(C)C#Cc1ccccc1. The first kappa shape index (κ1) is 20.2. The molecular weight excluding hydrogens is 296 g/mol. The van der Waals surface area contributed by atoms with E-state index in [0.29, 0.717) is 5.25 Å². The lowest BCUT2D eigenvalue weighted by atomic mass is 10.1. The van der Waals surface area contributed by atoms with Crippen LogP contribution in [0.1, 0.15) is 83.6 Å². The molecule has 0 spiro atoms. The van der Waals surface area contributed by atoms with Crippen molar-refractivity contribution in [2.75, 3.05) is 5.75 Å². The van der Waals surface area contributed by atoms with Crippen LogP contribution in [0.15, 0.2) is 30.3 Å². The highest BCUT2D eigenvalue weighted by molar-refractivity contribution is 8.00. The van der Waals surface area contributed by atoms with E-state index in [0.717, 1.165) is 5.56 Å². The van der Waals surface area contributed by atoms with Gasteiger partial charge < -0.3 is 0 Å². The van der Waals surface area contributed by atoms with Gasteiger partial charge >= 0.3 is 0 Å². The molecule has 128 valence electrons. The van der Waals surface area contributed by atoms with Gasteiger partial charge in [-0.3, -0.25) is 0 Å². The summed E-state index contributed by atoms with van der Waals surface area (Å²) < 4.78 is 0. The summed E-state index contributed by atoms with van der Waals surface area (Å²) in [6.45, 7) is 4.50. The molecule has 0 saturated heterocycles. The van der Waals surface area contributed by atoms with E-state index < -0.39 is 0 Å². The zero-order chi connectivity index (χ0) is 16.6. The Hall–Kier alpha value is -0.870. The number of thioether (sulfide) groups is 1. The Kier molecular flexibility index (Phi) is 12.9. The summed E-state index contributed by atoms with van der Waals surface area (Å²) in [6, 6.07) is 10.3. The lowest BCUT2D eigenvalue weighted by Gasteiger charge is -2.04. The average molecular weight is 331 g/mol. The van der Waals surface area contributed by atoms with Crippen LogP contribution in [0, 0.1) is 11.8 Å². The van der Waals surface area contributed by atoms with Gasteiger partial charge in [0.1, 0.15) is 0 Å². The quantitative estimate of drug-likeness (QED) is 0.291. The van der Waals surface area contributed by atoms with Gasteiger partial charge in [-0.2, -0.15) is 0 Å². The van der Waals surface area contributed by atoms with Gasteiger partial charge in [0.25, 0.3) is 0 Å². The fourth-order valence-electron chi connectivity index (χ4n) is 2.60. The van der Waals surface area contributed by atoms with E-state index in [1.807, 2.05) is 30.0 Å². The molecule has 1 aromatic carbocycles. The van der Waals surface area contributed by atoms with Crippen molar-refractivity contribution in [3.8, 4) is 11.8 Å². The predicted molar refractivity (Wildman–Crippen MR) is 107 cm³/mol. The molecule has 0 aliphatic carbocycles. The third-order valence-electron chi connectivity index (χ3n) is 4.06. The van der Waals surface area contributed by atoms with Crippen LogP contribution >= 0.6 is 11.8 Å². The molecule has 0 aliphatic rings. The Bertz CT molecular complexity index is 426. The molecule has 0 N–H and O–H groups in total. The molecule has 0 bridgehead atoms. The number of hydrogen-bond acceptors (Lipinski definition) is 1. The van der Waals surface area contributed by atoms with Crippen molar-refractivity contribution in [3.63, 3.8) is 0 Å². The molecule has 0 nitrogen and oxygen atoms in total. The molecule has 0 aromatic heterocycles. The second-order valence-electron chi connectivity index (χ2n) is 6.33. The van der Waals surface area contributed by atoms with Crippen molar-refractivity contribution in [1.82, 2.24) is 0 Å². The van der Waals surface area contributed by atoms with Crippen LogP contribution in [0.5, 0.6) is 0 Å². The lowest BCUT2D eigenvalue weighted by Crippen LogP contribution is -1.93. The molecule has 0 saturated carbocycles. The highest BCUT2D eigenvalue weighted by Crippen LogP contribution is 2.15. The van der Waals surface area contributed by atoms with Crippen LogP contribution in [-0.2, 0) is 0 Å². The first-order chi connectivity index (χ1) is 11.3. The largest absolute Gasteiger partial charge is 0.146 e. The zero-order valence-electron chi connectivity index (χ0n) is 15.2. The van der Waals surface area contributed by atoms with Crippen molar-refractivity contribution in [2.24, 2.45) is 0 Å². The van der Waals surface area contributed by atoms with Crippen molar-refractivity contribution < 1.29 is 0 Å². The summed E-state index contributed by atoms with van der Waals surface area (Å²) in [4.78, 5) is 0. The molecule has 23 heavy (non-hydrogen) atoms. The summed E-state index contributed by atoms with van der Waals surface area (Å²) in [5, 5.41) is 0.439. The van der Waals surface area contributed by atoms with Crippen LogP contribution < -0.4 is 0 Å². The van der Waals surface area contributed by atoms with E-state index in [9.17, 15) is 0 Å². The van der Waals surface area contributed by atoms with Gasteiger partial charge in [-0.05, 0) is 31.2 Å². The molecule has 1 atom stereocenters. The van der Waals surface area contributed by atoms with Crippen LogP contribution in [0.2, 0.25) is 0 Å². The molecule has 0 heterocycles. The van der Waals surface area contributed by atoms with E-state index in [-0.39, 0.29) is 0 Å². The molecule has 1 rings (SSSR count). The third kappa shape index (κ3) is 12.2. The molecule has 0 radical (unpaired) electrons. The monoisotopic (exact) mass is 330 g/mol. The van der Waals surface area contributed by atoms with Gasteiger partial charge in [-0.1, -0.05) is 94.8 Å². The molecule has 0 fully saturated rings. The van der Waals surface area contributed by atoms with E-state index in [1.165, 1.54) is 70.0 Å². The van der Waals surface area contributed by atoms with E-state index >= 15 is 0 Å². The number of unbranched alkanes of at least 4 members (excludes halogenated alkanes) is 9. The lowest BCUT2D eigenvalue weighted by molar-refractivity contribution is 0.563. The minimum atomic E-state index is 0.439. The fraction of sp³-hybridized carbons (Fsp3) is 0.636. The molecule has 1 unspecified atom stereocenters. The topological polar surface area (TPSA) is 0 Å². The Balaban J connectivity index is 1.92. The van der Waals surface area contributed by atoms with Gasteiger partial charge in [0.05, 0.1) is 5.25 Å². The molecule has 1 aromatic rings. The number of hydrogen-bond donors (Lipinski definition) is 0.